The first-order valence-corrected chi connectivity index (χ1v) is 16.9. The smallest absolute Gasteiger partial charge is 0.450 e. The molecule has 2 rings (SSSR count). The number of rotatable bonds is 17. The number of sulfone groups is 1. The number of unbranched alkanes of at least 4 members (excludes halogenated alkanes) is 2. The SMILES string of the molecule is CC(C)C(NC(=O)CCCCC#Cc1cnc(S(C)(=O)=O)nc1)C(=O)NC(CCCNC(N)=O)C(=O)Nc1ccc(COC(=O)O)cc1. The van der Waals surface area contributed by atoms with E-state index < -0.39 is 45.9 Å². The summed E-state index contributed by atoms with van der Waals surface area (Å²) in [4.78, 5) is 68.4. The van der Waals surface area contributed by atoms with Crippen LogP contribution in [-0.2, 0) is 35.6 Å². The van der Waals surface area contributed by atoms with Gasteiger partial charge in [-0.1, -0.05) is 37.8 Å². The number of primary amides is 1. The molecule has 5 amide bonds. The largest absolute Gasteiger partial charge is 0.506 e. The molecule has 0 aliphatic heterocycles. The maximum atomic E-state index is 13.3. The van der Waals surface area contributed by atoms with Crippen molar-refractivity contribution >= 4 is 45.4 Å². The van der Waals surface area contributed by atoms with Crippen molar-refractivity contribution in [1.29, 1.82) is 0 Å². The number of nitrogens with two attached hydrogens (primary N) is 1. The van der Waals surface area contributed by atoms with E-state index in [9.17, 15) is 32.4 Å². The van der Waals surface area contributed by atoms with Crippen LogP contribution in [-0.4, -0.2) is 78.3 Å². The Balaban J connectivity index is 1.94. The number of nitrogens with one attached hydrogen (secondary N) is 4. The lowest BCUT2D eigenvalue weighted by atomic mass is 10.0. The number of amides is 5. The minimum absolute atomic E-state index is 0.139. The van der Waals surface area contributed by atoms with Gasteiger partial charge in [0, 0.05) is 43.7 Å². The number of ether oxygens (including phenoxy) is 1. The van der Waals surface area contributed by atoms with E-state index in [1.54, 1.807) is 38.1 Å². The highest BCUT2D eigenvalue weighted by molar-refractivity contribution is 7.90. The van der Waals surface area contributed by atoms with Gasteiger partial charge >= 0.3 is 12.2 Å². The molecule has 16 nitrogen and oxygen atoms in total. The molecule has 1 aromatic heterocycles. The summed E-state index contributed by atoms with van der Waals surface area (Å²) in [6.45, 7) is 3.53. The van der Waals surface area contributed by atoms with Crippen LogP contribution in [0.15, 0.2) is 41.8 Å². The molecule has 0 fully saturated rings. The van der Waals surface area contributed by atoms with Crippen LogP contribution in [0.5, 0.6) is 0 Å². The lowest BCUT2D eigenvalue weighted by Gasteiger charge is -2.25. The third-order valence-electron chi connectivity index (χ3n) is 6.60. The predicted molar refractivity (Wildman–Crippen MR) is 174 cm³/mol. The van der Waals surface area contributed by atoms with Crippen molar-refractivity contribution in [3.8, 4) is 11.8 Å². The van der Waals surface area contributed by atoms with Crippen molar-refractivity contribution in [2.75, 3.05) is 18.1 Å². The van der Waals surface area contributed by atoms with Crippen LogP contribution in [0.4, 0.5) is 15.3 Å². The summed E-state index contributed by atoms with van der Waals surface area (Å²) < 4.78 is 27.4. The van der Waals surface area contributed by atoms with Crippen LogP contribution in [0.25, 0.3) is 0 Å². The number of benzene rings is 1. The van der Waals surface area contributed by atoms with Crippen LogP contribution in [0.3, 0.4) is 0 Å². The normalized spacial score (nSPS) is 12.1. The quantitative estimate of drug-likeness (QED) is 0.0604. The zero-order valence-corrected chi connectivity index (χ0v) is 27.8. The second-order valence-electron chi connectivity index (χ2n) is 11.1. The Kier molecular flexibility index (Phi) is 15.8. The van der Waals surface area contributed by atoms with Crippen LogP contribution in [0.1, 0.15) is 63.5 Å². The van der Waals surface area contributed by atoms with E-state index in [0.29, 0.717) is 42.5 Å². The molecule has 0 bridgehead atoms. The van der Waals surface area contributed by atoms with Crippen LogP contribution < -0.4 is 27.0 Å². The van der Waals surface area contributed by atoms with E-state index in [4.69, 9.17) is 10.8 Å². The van der Waals surface area contributed by atoms with Gasteiger partial charge in [-0.05, 0) is 49.3 Å². The number of hydrogen-bond acceptors (Lipinski definition) is 10. The highest BCUT2D eigenvalue weighted by Crippen LogP contribution is 2.13. The minimum atomic E-state index is -3.50. The van der Waals surface area contributed by atoms with Gasteiger partial charge in [0.15, 0.2) is 0 Å². The number of anilines is 1. The first-order valence-electron chi connectivity index (χ1n) is 15.0. The van der Waals surface area contributed by atoms with Crippen molar-refractivity contribution in [2.24, 2.45) is 11.7 Å². The molecule has 260 valence electrons. The second-order valence-corrected chi connectivity index (χ2v) is 13.0. The molecule has 0 saturated carbocycles. The van der Waals surface area contributed by atoms with E-state index in [1.807, 2.05) is 0 Å². The van der Waals surface area contributed by atoms with Crippen LogP contribution >= 0.6 is 0 Å². The molecular weight excluding hydrogens is 646 g/mol. The van der Waals surface area contributed by atoms with Gasteiger partial charge < -0.3 is 36.8 Å². The monoisotopic (exact) mass is 687 g/mol. The Morgan fingerprint density at radius 1 is 0.979 bits per heavy atom. The number of carbonyl (C=O) groups is 5. The highest BCUT2D eigenvalue weighted by atomic mass is 32.2. The summed E-state index contributed by atoms with van der Waals surface area (Å²) in [5.74, 6) is 4.02. The van der Waals surface area contributed by atoms with E-state index >= 15 is 0 Å². The number of aromatic nitrogens is 2. The molecule has 0 aliphatic carbocycles. The fraction of sp³-hybridized carbons (Fsp3) is 0.452. The molecule has 2 aromatic rings. The highest BCUT2D eigenvalue weighted by Gasteiger charge is 2.28. The molecule has 7 N–H and O–H groups in total. The fourth-order valence-electron chi connectivity index (χ4n) is 4.12. The number of urea groups is 1. The molecule has 2 atom stereocenters. The molecule has 2 unspecified atom stereocenters. The van der Waals surface area contributed by atoms with Gasteiger partial charge in [-0.25, -0.2) is 28.0 Å². The third-order valence-corrected chi connectivity index (χ3v) is 7.47. The average molecular weight is 688 g/mol. The Morgan fingerprint density at radius 2 is 1.65 bits per heavy atom. The number of carboxylic acid groups (broad SMARTS) is 1. The topological polar surface area (TPSA) is 249 Å². The standard InChI is InChI=1S/C31H41N7O9S/c1-20(2)26(38-25(39)11-7-5-4-6-9-22-17-34-30(35-18-22)48(3,45)46)28(41)37-24(10-8-16-33-29(32)42)27(40)36-23-14-12-21(13-15-23)19-47-31(43)44/h12-15,17-18,20,24,26H,4-5,7-8,10-11,16,19H2,1-3H3,(H,36,40)(H,37,41)(H,38,39)(H,43,44)(H3,32,33,42). The van der Waals surface area contributed by atoms with Gasteiger partial charge in [0.05, 0.1) is 5.56 Å². The average Bonchev–Trinajstić information content (AvgIpc) is 3.02. The molecule has 48 heavy (non-hydrogen) atoms. The first kappa shape index (κ1) is 38.9. The first-order chi connectivity index (χ1) is 22.6. The molecule has 17 heteroatoms. The maximum Gasteiger partial charge on any atom is 0.506 e. The number of nitrogens with zero attached hydrogens (tertiary/aromatic N) is 2. The minimum Gasteiger partial charge on any atom is -0.450 e. The molecule has 1 heterocycles. The lowest BCUT2D eigenvalue weighted by Crippen LogP contribution is -2.54. The second kappa shape index (κ2) is 19.4. The van der Waals surface area contributed by atoms with Crippen molar-refractivity contribution in [3.63, 3.8) is 0 Å². The molecule has 1 aromatic carbocycles. The van der Waals surface area contributed by atoms with Gasteiger partial charge in [0.25, 0.3) is 0 Å². The summed E-state index contributed by atoms with van der Waals surface area (Å²) >= 11 is 0. The van der Waals surface area contributed by atoms with E-state index in [1.165, 1.54) is 12.4 Å². The molecular formula is C31H41N7O9S. The van der Waals surface area contributed by atoms with E-state index in [-0.39, 0.29) is 43.0 Å². The summed E-state index contributed by atoms with van der Waals surface area (Å²) in [6, 6.07) is 3.60. The summed E-state index contributed by atoms with van der Waals surface area (Å²) in [5.41, 5.74) is 6.53. The lowest BCUT2D eigenvalue weighted by molar-refractivity contribution is -0.132. The molecule has 0 aliphatic rings. The fourth-order valence-corrected chi connectivity index (χ4v) is 4.61. The molecule has 0 saturated heterocycles. The van der Waals surface area contributed by atoms with Gasteiger partial charge in [-0.15, -0.1) is 0 Å². The van der Waals surface area contributed by atoms with Crippen LogP contribution in [0.2, 0.25) is 0 Å². The van der Waals surface area contributed by atoms with Crippen LogP contribution in [0, 0.1) is 17.8 Å². The summed E-state index contributed by atoms with van der Waals surface area (Å²) in [6.07, 6.45) is 4.41. The predicted octanol–water partition coefficient (Wildman–Crippen LogP) is 1.70. The third kappa shape index (κ3) is 14.9. The van der Waals surface area contributed by atoms with Crippen molar-refractivity contribution < 1.29 is 42.2 Å². The Morgan fingerprint density at radius 3 is 2.23 bits per heavy atom. The van der Waals surface area contributed by atoms with Gasteiger partial charge in [0.1, 0.15) is 18.7 Å². The maximum absolute atomic E-state index is 13.3. The zero-order chi connectivity index (χ0) is 35.7. The Bertz CT molecular complexity index is 1590. The zero-order valence-electron chi connectivity index (χ0n) is 26.9. The Labute approximate surface area is 278 Å². The Hall–Kier alpha value is -5.24. The van der Waals surface area contributed by atoms with E-state index in [2.05, 4.69) is 47.8 Å². The number of carbonyl (C=O) groups excluding carboxylic acids is 4. The summed E-state index contributed by atoms with van der Waals surface area (Å²) in [7, 11) is -3.50. The summed E-state index contributed by atoms with van der Waals surface area (Å²) in [5, 5.41) is 19.0. The van der Waals surface area contributed by atoms with Crippen molar-refractivity contribution in [1.82, 2.24) is 25.9 Å². The number of hydrogen-bond donors (Lipinski definition) is 6. The van der Waals surface area contributed by atoms with Crippen molar-refractivity contribution in [3.05, 3.63) is 47.8 Å². The van der Waals surface area contributed by atoms with Crippen molar-refractivity contribution in [2.45, 2.75) is 76.2 Å². The van der Waals surface area contributed by atoms with Gasteiger partial charge in [-0.3, -0.25) is 14.4 Å². The molecule has 0 radical (unpaired) electrons. The van der Waals surface area contributed by atoms with E-state index in [0.717, 1.165) is 6.26 Å². The van der Waals surface area contributed by atoms with Gasteiger partial charge in [0.2, 0.25) is 32.7 Å². The van der Waals surface area contributed by atoms with Gasteiger partial charge in [-0.2, -0.15) is 0 Å². The molecule has 0 spiro atoms.